The molecular weight excluding hydrogens is 225 g/mol. The highest BCUT2D eigenvalue weighted by molar-refractivity contribution is 4.93. The summed E-state index contributed by atoms with van der Waals surface area (Å²) in [6, 6.07) is 0. The largest absolute Gasteiger partial charge is 0.414 e. The average molecular weight is 240 g/mol. The van der Waals surface area contributed by atoms with Crippen molar-refractivity contribution in [1.82, 2.24) is 0 Å². The second-order valence-electron chi connectivity index (χ2n) is 4.57. The van der Waals surface area contributed by atoms with Crippen molar-refractivity contribution in [2.24, 2.45) is 5.92 Å². The van der Waals surface area contributed by atoms with Gasteiger partial charge in [0.15, 0.2) is 6.10 Å². The Hall–Kier alpha value is -0.330. The molecule has 2 unspecified atom stereocenters. The Balaban J connectivity index is 2.01. The molecule has 0 bridgehead atoms. The Morgan fingerprint density at radius 1 is 1.31 bits per heavy atom. The van der Waals surface area contributed by atoms with E-state index in [0.717, 1.165) is 0 Å². The van der Waals surface area contributed by atoms with Crippen LogP contribution < -0.4 is 0 Å². The van der Waals surface area contributed by atoms with Gasteiger partial charge in [-0.3, -0.25) is 0 Å². The van der Waals surface area contributed by atoms with Gasteiger partial charge in [-0.1, -0.05) is 0 Å². The van der Waals surface area contributed by atoms with Crippen molar-refractivity contribution in [3.63, 3.8) is 0 Å². The monoisotopic (exact) mass is 240 g/mol. The van der Waals surface area contributed by atoms with E-state index in [4.69, 9.17) is 9.47 Å². The molecule has 0 radical (unpaired) electrons. The fourth-order valence-electron chi connectivity index (χ4n) is 2.47. The maximum Gasteiger partial charge on any atom is 0.414 e. The number of alkyl halides is 3. The van der Waals surface area contributed by atoms with E-state index in [0.29, 0.717) is 19.6 Å². The van der Waals surface area contributed by atoms with Gasteiger partial charge in [-0.15, -0.1) is 0 Å². The summed E-state index contributed by atoms with van der Waals surface area (Å²) < 4.78 is 47.8. The molecule has 2 heterocycles. The van der Waals surface area contributed by atoms with Crippen molar-refractivity contribution in [3.05, 3.63) is 0 Å². The molecule has 6 heteroatoms. The maximum atomic E-state index is 12.4. The van der Waals surface area contributed by atoms with Gasteiger partial charge in [-0.2, -0.15) is 13.2 Å². The molecule has 0 aromatic heterocycles. The molecule has 0 aromatic rings. The van der Waals surface area contributed by atoms with Crippen LogP contribution in [0.5, 0.6) is 0 Å². The van der Waals surface area contributed by atoms with Crippen molar-refractivity contribution in [3.8, 4) is 0 Å². The number of halogens is 3. The number of rotatable bonds is 1. The van der Waals surface area contributed by atoms with Gasteiger partial charge < -0.3 is 14.6 Å². The molecule has 3 atom stereocenters. The summed E-state index contributed by atoms with van der Waals surface area (Å²) in [5, 5.41) is 9.23. The van der Waals surface area contributed by atoms with E-state index in [2.05, 4.69) is 0 Å². The van der Waals surface area contributed by atoms with Gasteiger partial charge in [0.1, 0.15) is 0 Å². The van der Waals surface area contributed by atoms with Crippen LogP contribution in [0.15, 0.2) is 0 Å². The number of hydrogen-bond donors (Lipinski definition) is 1. The molecule has 16 heavy (non-hydrogen) atoms. The van der Waals surface area contributed by atoms with E-state index in [-0.39, 0.29) is 19.4 Å². The minimum absolute atomic E-state index is 0.230. The van der Waals surface area contributed by atoms with Crippen LogP contribution in [0.3, 0.4) is 0 Å². The molecule has 2 aliphatic heterocycles. The van der Waals surface area contributed by atoms with Crippen molar-refractivity contribution in [1.29, 1.82) is 0 Å². The van der Waals surface area contributed by atoms with Gasteiger partial charge in [0.05, 0.1) is 12.2 Å². The second-order valence-corrected chi connectivity index (χ2v) is 4.57. The summed E-state index contributed by atoms with van der Waals surface area (Å²) >= 11 is 0. The molecule has 2 fully saturated rings. The molecule has 2 saturated heterocycles. The third kappa shape index (κ3) is 2.33. The highest BCUT2D eigenvalue weighted by Crippen LogP contribution is 2.40. The molecule has 0 saturated carbocycles. The van der Waals surface area contributed by atoms with Gasteiger partial charge in [0, 0.05) is 19.6 Å². The molecule has 1 N–H and O–H groups in total. The van der Waals surface area contributed by atoms with Gasteiger partial charge in [-0.05, 0) is 18.8 Å². The van der Waals surface area contributed by atoms with Gasteiger partial charge in [-0.25, -0.2) is 0 Å². The van der Waals surface area contributed by atoms with Crippen molar-refractivity contribution >= 4 is 0 Å². The predicted molar refractivity (Wildman–Crippen MR) is 48.9 cm³/mol. The first-order valence-electron chi connectivity index (χ1n) is 5.39. The van der Waals surface area contributed by atoms with Gasteiger partial charge in [0.25, 0.3) is 0 Å². The topological polar surface area (TPSA) is 38.7 Å². The van der Waals surface area contributed by atoms with Crippen molar-refractivity contribution in [2.75, 3.05) is 19.8 Å². The first kappa shape index (κ1) is 12.1. The van der Waals surface area contributed by atoms with Crippen LogP contribution in [0.2, 0.25) is 0 Å². The molecule has 0 amide bonds. The molecule has 2 aliphatic rings. The summed E-state index contributed by atoms with van der Waals surface area (Å²) in [6.45, 7) is 1.13. The Morgan fingerprint density at radius 3 is 2.62 bits per heavy atom. The Kier molecular flexibility index (Phi) is 3.16. The van der Waals surface area contributed by atoms with Crippen LogP contribution in [-0.2, 0) is 9.47 Å². The summed E-state index contributed by atoms with van der Waals surface area (Å²) in [6.07, 6.45) is -5.68. The quantitative estimate of drug-likeness (QED) is 0.754. The van der Waals surface area contributed by atoms with Crippen LogP contribution >= 0.6 is 0 Å². The molecular formula is C10H15F3O3. The number of aliphatic hydroxyl groups is 1. The lowest BCUT2D eigenvalue weighted by molar-refractivity contribution is -0.235. The Bertz CT molecular complexity index is 248. The Labute approximate surface area is 91.5 Å². The van der Waals surface area contributed by atoms with Crippen LogP contribution in [-0.4, -0.2) is 42.8 Å². The first-order chi connectivity index (χ1) is 7.43. The van der Waals surface area contributed by atoms with Crippen LogP contribution in [0.4, 0.5) is 13.2 Å². The zero-order chi connectivity index (χ0) is 11.8. The molecule has 0 aromatic carbocycles. The SMILES string of the molecule is O[C@H](C1CCOC2(CCOC2)C1)C(F)(F)F. The molecule has 1 spiro atoms. The standard InChI is InChI=1S/C10H15F3O3/c11-10(12,13)8(14)7-1-3-16-9(5-7)2-4-15-6-9/h7-8,14H,1-6H2/t7?,8-,9?/m1/s1. The number of hydrogen-bond acceptors (Lipinski definition) is 3. The zero-order valence-electron chi connectivity index (χ0n) is 8.79. The predicted octanol–water partition coefficient (Wildman–Crippen LogP) is 1.50. The van der Waals surface area contributed by atoms with Crippen molar-refractivity contribution < 1.29 is 27.8 Å². The number of aliphatic hydroxyl groups excluding tert-OH is 1. The zero-order valence-corrected chi connectivity index (χ0v) is 8.79. The van der Waals surface area contributed by atoms with Gasteiger partial charge in [0.2, 0.25) is 0 Å². The van der Waals surface area contributed by atoms with Gasteiger partial charge >= 0.3 is 6.18 Å². The third-order valence-corrected chi connectivity index (χ3v) is 3.38. The van der Waals surface area contributed by atoms with Crippen LogP contribution in [0.25, 0.3) is 0 Å². The maximum absolute atomic E-state index is 12.4. The van der Waals surface area contributed by atoms with Crippen LogP contribution in [0.1, 0.15) is 19.3 Å². The number of ether oxygens (including phenoxy) is 2. The van der Waals surface area contributed by atoms with E-state index in [9.17, 15) is 18.3 Å². The summed E-state index contributed by atoms with van der Waals surface area (Å²) in [5.74, 6) is -0.768. The second kappa shape index (κ2) is 4.16. The lowest BCUT2D eigenvalue weighted by atomic mass is 9.82. The minimum Gasteiger partial charge on any atom is -0.383 e. The highest BCUT2D eigenvalue weighted by Gasteiger charge is 2.49. The molecule has 2 rings (SSSR count). The smallest absolute Gasteiger partial charge is 0.383 e. The fourth-order valence-corrected chi connectivity index (χ4v) is 2.47. The van der Waals surface area contributed by atoms with E-state index >= 15 is 0 Å². The van der Waals surface area contributed by atoms with E-state index in [1.165, 1.54) is 0 Å². The summed E-state index contributed by atoms with van der Waals surface area (Å²) in [7, 11) is 0. The average Bonchev–Trinajstić information content (AvgIpc) is 2.64. The Morgan fingerprint density at radius 2 is 2.06 bits per heavy atom. The first-order valence-corrected chi connectivity index (χ1v) is 5.39. The highest BCUT2D eigenvalue weighted by atomic mass is 19.4. The fraction of sp³-hybridized carbons (Fsp3) is 1.00. The third-order valence-electron chi connectivity index (χ3n) is 3.38. The van der Waals surface area contributed by atoms with E-state index in [1.807, 2.05) is 0 Å². The molecule has 94 valence electrons. The lowest BCUT2D eigenvalue weighted by Gasteiger charge is -2.39. The molecule has 3 nitrogen and oxygen atoms in total. The lowest BCUT2D eigenvalue weighted by Crippen LogP contribution is -2.47. The summed E-state index contributed by atoms with van der Waals surface area (Å²) in [4.78, 5) is 0. The van der Waals surface area contributed by atoms with Crippen LogP contribution in [0, 0.1) is 5.92 Å². The summed E-state index contributed by atoms with van der Waals surface area (Å²) in [5.41, 5.74) is -0.588. The minimum atomic E-state index is -4.54. The van der Waals surface area contributed by atoms with E-state index in [1.54, 1.807) is 0 Å². The normalized spacial score (nSPS) is 37.9. The van der Waals surface area contributed by atoms with E-state index < -0.39 is 23.8 Å². The molecule has 0 aliphatic carbocycles. The van der Waals surface area contributed by atoms with Crippen molar-refractivity contribution in [2.45, 2.75) is 37.1 Å².